The molecule has 10 rings (SSSR count). The molecule has 0 aliphatic carbocycles. The zero-order valence-electron chi connectivity index (χ0n) is 25.8. The van der Waals surface area contributed by atoms with E-state index in [4.69, 9.17) is 14.4 Å². The second-order valence-corrected chi connectivity index (χ2v) is 12.2. The van der Waals surface area contributed by atoms with E-state index in [0.717, 1.165) is 66.4 Å². The number of furan rings is 1. The largest absolute Gasteiger partial charge is 0.456 e. The summed E-state index contributed by atoms with van der Waals surface area (Å²) in [5.41, 5.74) is 11.3. The fourth-order valence-corrected chi connectivity index (χ4v) is 7.21. The van der Waals surface area contributed by atoms with Crippen LogP contribution in [0.1, 0.15) is 0 Å². The maximum atomic E-state index is 6.62. The molecule has 0 fully saturated rings. The molecule has 0 unspecified atom stereocenters. The van der Waals surface area contributed by atoms with Crippen molar-refractivity contribution in [2.45, 2.75) is 0 Å². The molecule has 3 heterocycles. The van der Waals surface area contributed by atoms with Crippen molar-refractivity contribution in [1.29, 1.82) is 0 Å². The van der Waals surface area contributed by atoms with Gasteiger partial charge in [0.1, 0.15) is 11.2 Å². The fourth-order valence-electron chi connectivity index (χ4n) is 7.21. The highest BCUT2D eigenvalue weighted by Gasteiger charge is 2.19. The fraction of sp³-hybridized carbons (Fsp3) is 0. The first-order valence-corrected chi connectivity index (χ1v) is 16.2. The van der Waals surface area contributed by atoms with Gasteiger partial charge in [-0.05, 0) is 53.6 Å². The van der Waals surface area contributed by atoms with Crippen LogP contribution in [0, 0.1) is 0 Å². The summed E-state index contributed by atoms with van der Waals surface area (Å²) in [6.07, 6.45) is 0. The Balaban J connectivity index is 1.18. The highest BCUT2D eigenvalue weighted by atomic mass is 16.3. The van der Waals surface area contributed by atoms with Crippen LogP contribution in [-0.2, 0) is 0 Å². The molecule has 0 saturated carbocycles. The number of fused-ring (bicyclic) bond motifs is 7. The summed E-state index contributed by atoms with van der Waals surface area (Å²) in [5, 5.41) is 5.57. The Labute approximate surface area is 276 Å². The van der Waals surface area contributed by atoms with Crippen LogP contribution in [-0.4, -0.2) is 14.5 Å². The topological polar surface area (TPSA) is 43.9 Å². The number of rotatable bonds is 4. The minimum absolute atomic E-state index is 0.707. The van der Waals surface area contributed by atoms with E-state index in [1.54, 1.807) is 0 Å². The lowest BCUT2D eigenvalue weighted by Gasteiger charge is -2.11. The van der Waals surface area contributed by atoms with E-state index in [1.165, 1.54) is 21.9 Å². The molecule has 0 spiro atoms. The molecular weight excluding hydrogens is 587 g/mol. The molecule has 0 bridgehead atoms. The van der Waals surface area contributed by atoms with E-state index in [9.17, 15) is 0 Å². The van der Waals surface area contributed by atoms with Crippen molar-refractivity contribution in [3.05, 3.63) is 164 Å². The molecule has 10 aromatic rings. The normalized spacial score (nSPS) is 11.8. The van der Waals surface area contributed by atoms with Gasteiger partial charge < -0.3 is 8.98 Å². The van der Waals surface area contributed by atoms with Crippen LogP contribution in [0.25, 0.3) is 94.1 Å². The van der Waals surface area contributed by atoms with Crippen LogP contribution < -0.4 is 0 Å². The second kappa shape index (κ2) is 10.5. The number of nitrogens with zero attached hydrogens (tertiary/aromatic N) is 3. The molecule has 0 atom stereocenters. The third-order valence-electron chi connectivity index (χ3n) is 9.41. The molecule has 0 aliphatic heterocycles. The van der Waals surface area contributed by atoms with Crippen molar-refractivity contribution in [3.8, 4) is 39.5 Å². The third-order valence-corrected chi connectivity index (χ3v) is 9.41. The van der Waals surface area contributed by atoms with Gasteiger partial charge in [0.25, 0.3) is 0 Å². The van der Waals surface area contributed by atoms with E-state index < -0.39 is 0 Å². The maximum absolute atomic E-state index is 6.62. The number of aromatic nitrogens is 3. The summed E-state index contributed by atoms with van der Waals surface area (Å²) in [7, 11) is 0. The Bertz CT molecular complexity index is 2830. The number of hydrogen-bond donors (Lipinski definition) is 0. The summed E-state index contributed by atoms with van der Waals surface area (Å²) < 4.78 is 8.97. The zero-order valence-corrected chi connectivity index (χ0v) is 25.8. The van der Waals surface area contributed by atoms with Crippen LogP contribution in [0.15, 0.2) is 168 Å². The number of hydrogen-bond acceptors (Lipinski definition) is 3. The molecule has 0 saturated heterocycles. The monoisotopic (exact) mass is 613 g/mol. The first-order chi connectivity index (χ1) is 23.8. The van der Waals surface area contributed by atoms with Gasteiger partial charge in [-0.2, -0.15) is 0 Å². The van der Waals surface area contributed by atoms with Gasteiger partial charge in [0.15, 0.2) is 5.82 Å². The molecular formula is C44H27N3O. The molecule has 224 valence electrons. The molecule has 3 aromatic heterocycles. The average Bonchev–Trinajstić information content (AvgIpc) is 3.70. The Kier molecular flexibility index (Phi) is 5.84. The molecule has 0 aliphatic rings. The van der Waals surface area contributed by atoms with Crippen molar-refractivity contribution in [2.75, 3.05) is 0 Å². The van der Waals surface area contributed by atoms with Gasteiger partial charge in [-0.3, -0.25) is 0 Å². The van der Waals surface area contributed by atoms with Crippen LogP contribution in [0.2, 0.25) is 0 Å². The van der Waals surface area contributed by atoms with Crippen LogP contribution in [0.5, 0.6) is 0 Å². The SMILES string of the molecule is c1ccc(-c2ccc3c(c2)c2ccccc2n3-c2ccc3c(c2)oc2cccc(-c4nc(-c5ccccc5)nc5ccccc45)c23)cc1. The van der Waals surface area contributed by atoms with Crippen molar-refractivity contribution in [2.24, 2.45) is 0 Å². The molecule has 48 heavy (non-hydrogen) atoms. The molecule has 4 nitrogen and oxygen atoms in total. The van der Waals surface area contributed by atoms with E-state index in [-0.39, 0.29) is 0 Å². The Morgan fingerprint density at radius 1 is 0.438 bits per heavy atom. The summed E-state index contributed by atoms with van der Waals surface area (Å²) in [5.74, 6) is 0.707. The van der Waals surface area contributed by atoms with Crippen LogP contribution >= 0.6 is 0 Å². The van der Waals surface area contributed by atoms with Gasteiger partial charge in [-0.1, -0.05) is 115 Å². The lowest BCUT2D eigenvalue weighted by atomic mass is 10.00. The predicted molar refractivity (Wildman–Crippen MR) is 197 cm³/mol. The van der Waals surface area contributed by atoms with E-state index in [0.29, 0.717) is 5.82 Å². The summed E-state index contributed by atoms with van der Waals surface area (Å²) in [4.78, 5) is 10.1. The summed E-state index contributed by atoms with van der Waals surface area (Å²) >= 11 is 0. The van der Waals surface area contributed by atoms with Crippen molar-refractivity contribution >= 4 is 54.6 Å². The maximum Gasteiger partial charge on any atom is 0.160 e. The third kappa shape index (κ3) is 4.10. The van der Waals surface area contributed by atoms with Crippen molar-refractivity contribution in [3.63, 3.8) is 0 Å². The van der Waals surface area contributed by atoms with Crippen LogP contribution in [0.3, 0.4) is 0 Å². The Morgan fingerprint density at radius 3 is 2.02 bits per heavy atom. The lowest BCUT2D eigenvalue weighted by Crippen LogP contribution is -1.95. The number of benzene rings is 7. The Morgan fingerprint density at radius 2 is 1.17 bits per heavy atom. The van der Waals surface area contributed by atoms with Crippen molar-refractivity contribution < 1.29 is 4.42 Å². The molecule has 0 radical (unpaired) electrons. The lowest BCUT2D eigenvalue weighted by molar-refractivity contribution is 0.668. The van der Waals surface area contributed by atoms with Gasteiger partial charge in [0, 0.05) is 49.8 Å². The van der Waals surface area contributed by atoms with Crippen LogP contribution in [0.4, 0.5) is 0 Å². The molecule has 0 amide bonds. The summed E-state index contributed by atoms with van der Waals surface area (Å²) in [6, 6.07) is 57.2. The van der Waals surface area contributed by atoms with E-state index in [1.807, 2.05) is 36.4 Å². The standard InChI is InChI=1S/C44H27N3O/c1-3-12-28(13-4-1)30-22-25-39-36(26-30)32-16-8-10-20-38(32)47(39)31-23-24-34-41(27-31)48-40-21-11-18-35(42(34)40)43-33-17-7-9-19-37(33)45-44(46-43)29-14-5-2-6-15-29/h1-27H. The zero-order chi connectivity index (χ0) is 31.6. The van der Waals surface area contributed by atoms with Gasteiger partial charge in [-0.15, -0.1) is 0 Å². The first-order valence-electron chi connectivity index (χ1n) is 16.2. The molecule has 7 aromatic carbocycles. The summed E-state index contributed by atoms with van der Waals surface area (Å²) in [6.45, 7) is 0. The Hall–Kier alpha value is -6.52. The first kappa shape index (κ1) is 26.7. The average molecular weight is 614 g/mol. The predicted octanol–water partition coefficient (Wildman–Crippen LogP) is 11.6. The van der Waals surface area contributed by atoms with E-state index >= 15 is 0 Å². The minimum Gasteiger partial charge on any atom is -0.456 e. The van der Waals surface area contributed by atoms with E-state index in [2.05, 4.69) is 132 Å². The van der Waals surface area contributed by atoms with Gasteiger partial charge >= 0.3 is 0 Å². The van der Waals surface area contributed by atoms with Gasteiger partial charge in [-0.25, -0.2) is 9.97 Å². The highest BCUT2D eigenvalue weighted by Crippen LogP contribution is 2.41. The quantitative estimate of drug-likeness (QED) is 0.198. The van der Waals surface area contributed by atoms with Gasteiger partial charge in [0.05, 0.1) is 22.2 Å². The number of para-hydroxylation sites is 2. The smallest absolute Gasteiger partial charge is 0.160 e. The highest BCUT2D eigenvalue weighted by molar-refractivity contribution is 6.15. The van der Waals surface area contributed by atoms with Gasteiger partial charge in [0.2, 0.25) is 0 Å². The second-order valence-electron chi connectivity index (χ2n) is 12.2. The molecule has 4 heteroatoms. The minimum atomic E-state index is 0.707. The van der Waals surface area contributed by atoms with Crippen molar-refractivity contribution in [1.82, 2.24) is 14.5 Å². The molecule has 0 N–H and O–H groups in total.